The fourth-order valence-corrected chi connectivity index (χ4v) is 3.95. The van der Waals surface area contributed by atoms with Crippen molar-refractivity contribution < 1.29 is 14.3 Å². The minimum atomic E-state index is -0.350. The molecule has 0 bridgehead atoms. The van der Waals surface area contributed by atoms with E-state index >= 15 is 0 Å². The van der Waals surface area contributed by atoms with Crippen molar-refractivity contribution in [3.63, 3.8) is 0 Å². The van der Waals surface area contributed by atoms with E-state index in [4.69, 9.17) is 4.74 Å². The third-order valence-electron chi connectivity index (χ3n) is 5.44. The monoisotopic (exact) mass is 357 g/mol. The Morgan fingerprint density at radius 2 is 1.96 bits per heavy atom. The van der Waals surface area contributed by atoms with E-state index in [9.17, 15) is 9.59 Å². The van der Waals surface area contributed by atoms with Crippen LogP contribution in [0.5, 0.6) is 0 Å². The van der Waals surface area contributed by atoms with Crippen molar-refractivity contribution in [3.8, 4) is 0 Å². The first-order chi connectivity index (χ1) is 12.7. The third-order valence-corrected chi connectivity index (χ3v) is 5.44. The molecule has 0 spiro atoms. The molecule has 4 heterocycles. The largest absolute Gasteiger partial charge is 0.453 e. The zero-order valence-corrected chi connectivity index (χ0v) is 14.9. The molecule has 8 nitrogen and oxygen atoms in total. The number of fused-ring (bicyclic) bond motifs is 1. The standard InChI is InChI=1S/C18H23N5O3/c1-26-18(25)23-10-6-13(11-23)17(24)22-8-4-12(5-9-22)15-20-14-3-2-7-19-16(14)21-15/h2-3,7,12-13H,4-6,8-11H2,1H3,(H,19,20,21). The van der Waals surface area contributed by atoms with Gasteiger partial charge < -0.3 is 19.5 Å². The highest BCUT2D eigenvalue weighted by Crippen LogP contribution is 2.29. The van der Waals surface area contributed by atoms with E-state index in [0.717, 1.165) is 42.9 Å². The van der Waals surface area contributed by atoms with Crippen LogP contribution in [-0.4, -0.2) is 70.0 Å². The fraction of sp³-hybridized carbons (Fsp3) is 0.556. The predicted octanol–water partition coefficient (Wildman–Crippen LogP) is 1.75. The smallest absolute Gasteiger partial charge is 0.409 e. The van der Waals surface area contributed by atoms with Crippen LogP contribution in [0, 0.1) is 5.92 Å². The molecule has 2 saturated heterocycles. The second-order valence-corrected chi connectivity index (χ2v) is 7.00. The van der Waals surface area contributed by atoms with Crippen molar-refractivity contribution >= 4 is 23.2 Å². The van der Waals surface area contributed by atoms with E-state index in [-0.39, 0.29) is 17.9 Å². The number of nitrogens with one attached hydrogen (secondary N) is 1. The van der Waals surface area contributed by atoms with Crippen molar-refractivity contribution in [1.82, 2.24) is 24.8 Å². The van der Waals surface area contributed by atoms with E-state index < -0.39 is 0 Å². The number of methoxy groups -OCH3 is 1. The van der Waals surface area contributed by atoms with Gasteiger partial charge in [-0.2, -0.15) is 0 Å². The Bertz CT molecular complexity index is 779. The zero-order chi connectivity index (χ0) is 18.1. The van der Waals surface area contributed by atoms with Gasteiger partial charge in [0.25, 0.3) is 0 Å². The van der Waals surface area contributed by atoms with Crippen LogP contribution in [0.4, 0.5) is 4.79 Å². The molecule has 0 saturated carbocycles. The Kier molecular flexibility index (Phi) is 4.48. The first-order valence-electron chi connectivity index (χ1n) is 9.08. The quantitative estimate of drug-likeness (QED) is 0.884. The van der Waals surface area contributed by atoms with Crippen LogP contribution in [0.15, 0.2) is 18.3 Å². The molecule has 8 heteroatoms. The number of nitrogens with zero attached hydrogens (tertiary/aromatic N) is 4. The normalized spacial score (nSPS) is 21.3. The Morgan fingerprint density at radius 3 is 2.69 bits per heavy atom. The molecule has 4 rings (SSSR count). The molecule has 2 aromatic rings. The lowest BCUT2D eigenvalue weighted by atomic mass is 9.95. The number of rotatable bonds is 2. The van der Waals surface area contributed by atoms with Gasteiger partial charge in [-0.25, -0.2) is 14.8 Å². The SMILES string of the molecule is COC(=O)N1CCC(C(=O)N2CCC(c3nc4ncccc4[nH]3)CC2)C1. The molecule has 2 amide bonds. The summed E-state index contributed by atoms with van der Waals surface area (Å²) in [7, 11) is 1.37. The highest BCUT2D eigenvalue weighted by Gasteiger charge is 2.35. The molecule has 0 aliphatic carbocycles. The molecule has 1 N–H and O–H groups in total. The number of imidazole rings is 1. The second kappa shape index (κ2) is 6.93. The maximum atomic E-state index is 12.8. The van der Waals surface area contributed by atoms with Gasteiger partial charge in [-0.3, -0.25) is 4.79 Å². The highest BCUT2D eigenvalue weighted by molar-refractivity contribution is 5.81. The number of carbonyl (C=O) groups is 2. The van der Waals surface area contributed by atoms with Gasteiger partial charge in [-0.05, 0) is 31.4 Å². The van der Waals surface area contributed by atoms with Crippen molar-refractivity contribution in [3.05, 3.63) is 24.2 Å². The average molecular weight is 357 g/mol. The summed E-state index contributed by atoms with van der Waals surface area (Å²) in [5.74, 6) is 1.33. The first kappa shape index (κ1) is 16.8. The van der Waals surface area contributed by atoms with Crippen molar-refractivity contribution in [2.75, 3.05) is 33.3 Å². The molecule has 26 heavy (non-hydrogen) atoms. The van der Waals surface area contributed by atoms with Gasteiger partial charge in [0.05, 0.1) is 18.5 Å². The number of aromatic amines is 1. The molecule has 1 atom stereocenters. The van der Waals surface area contributed by atoms with E-state index in [1.54, 1.807) is 11.1 Å². The summed E-state index contributed by atoms with van der Waals surface area (Å²) in [6, 6.07) is 3.87. The lowest BCUT2D eigenvalue weighted by Crippen LogP contribution is -2.42. The summed E-state index contributed by atoms with van der Waals surface area (Å²) in [4.78, 5) is 40.1. The van der Waals surface area contributed by atoms with Gasteiger partial charge in [-0.15, -0.1) is 0 Å². The van der Waals surface area contributed by atoms with Gasteiger partial charge in [0, 0.05) is 38.3 Å². The van der Waals surface area contributed by atoms with Crippen LogP contribution in [0.1, 0.15) is 31.0 Å². The third kappa shape index (κ3) is 3.11. The Labute approximate surface area is 151 Å². The number of ether oxygens (including phenoxy) is 1. The van der Waals surface area contributed by atoms with Gasteiger partial charge in [0.15, 0.2) is 5.65 Å². The molecule has 2 aliphatic heterocycles. The predicted molar refractivity (Wildman–Crippen MR) is 94.5 cm³/mol. The Balaban J connectivity index is 1.34. The lowest BCUT2D eigenvalue weighted by molar-refractivity contribution is -0.136. The fourth-order valence-electron chi connectivity index (χ4n) is 3.95. The van der Waals surface area contributed by atoms with Gasteiger partial charge in [0.1, 0.15) is 5.82 Å². The molecule has 1 unspecified atom stereocenters. The number of likely N-dealkylation sites (tertiary alicyclic amines) is 2. The minimum Gasteiger partial charge on any atom is -0.453 e. The van der Waals surface area contributed by atoms with Crippen LogP contribution in [0.3, 0.4) is 0 Å². The number of hydrogen-bond donors (Lipinski definition) is 1. The molecule has 0 radical (unpaired) electrons. The van der Waals surface area contributed by atoms with Gasteiger partial charge in [0.2, 0.25) is 5.91 Å². The van der Waals surface area contributed by atoms with Crippen molar-refractivity contribution in [2.45, 2.75) is 25.2 Å². The van der Waals surface area contributed by atoms with Crippen LogP contribution in [0.2, 0.25) is 0 Å². The zero-order valence-electron chi connectivity index (χ0n) is 14.9. The summed E-state index contributed by atoms with van der Waals surface area (Å²) < 4.78 is 4.74. The number of piperidine rings is 1. The maximum absolute atomic E-state index is 12.8. The van der Waals surface area contributed by atoms with Gasteiger partial charge in [-0.1, -0.05) is 0 Å². The summed E-state index contributed by atoms with van der Waals surface area (Å²) in [5, 5.41) is 0. The van der Waals surface area contributed by atoms with E-state index in [2.05, 4.69) is 15.0 Å². The van der Waals surface area contributed by atoms with Crippen LogP contribution < -0.4 is 0 Å². The number of amides is 2. The van der Waals surface area contributed by atoms with Gasteiger partial charge >= 0.3 is 6.09 Å². The number of aromatic nitrogens is 3. The second-order valence-electron chi connectivity index (χ2n) is 7.00. The average Bonchev–Trinajstić information content (AvgIpc) is 3.34. The molecule has 2 aromatic heterocycles. The molecule has 2 fully saturated rings. The van der Waals surface area contributed by atoms with Crippen LogP contribution in [-0.2, 0) is 9.53 Å². The van der Waals surface area contributed by atoms with Crippen LogP contribution >= 0.6 is 0 Å². The highest BCUT2D eigenvalue weighted by atomic mass is 16.5. The Hall–Kier alpha value is -2.64. The van der Waals surface area contributed by atoms with Crippen molar-refractivity contribution in [1.29, 1.82) is 0 Å². The number of hydrogen-bond acceptors (Lipinski definition) is 5. The van der Waals surface area contributed by atoms with E-state index in [0.29, 0.717) is 25.4 Å². The summed E-state index contributed by atoms with van der Waals surface area (Å²) in [6.45, 7) is 2.50. The molecule has 138 valence electrons. The molecular formula is C18H23N5O3. The molecule has 0 aromatic carbocycles. The first-order valence-corrected chi connectivity index (χ1v) is 9.08. The molecule has 2 aliphatic rings. The number of pyridine rings is 1. The maximum Gasteiger partial charge on any atom is 0.409 e. The number of carbonyl (C=O) groups excluding carboxylic acids is 2. The summed E-state index contributed by atoms with van der Waals surface area (Å²) >= 11 is 0. The van der Waals surface area contributed by atoms with Crippen molar-refractivity contribution in [2.24, 2.45) is 5.92 Å². The molecular weight excluding hydrogens is 334 g/mol. The van der Waals surface area contributed by atoms with E-state index in [1.807, 2.05) is 17.0 Å². The number of H-pyrrole nitrogens is 1. The topological polar surface area (TPSA) is 91.4 Å². The minimum absolute atomic E-state index is 0.110. The lowest BCUT2D eigenvalue weighted by Gasteiger charge is -2.32. The van der Waals surface area contributed by atoms with Crippen LogP contribution in [0.25, 0.3) is 11.2 Å². The summed E-state index contributed by atoms with van der Waals surface area (Å²) in [6.07, 6.45) is 3.88. The van der Waals surface area contributed by atoms with E-state index in [1.165, 1.54) is 7.11 Å². The Morgan fingerprint density at radius 1 is 1.19 bits per heavy atom. The summed E-state index contributed by atoms with van der Waals surface area (Å²) in [5.41, 5.74) is 1.70.